The summed E-state index contributed by atoms with van der Waals surface area (Å²) in [5, 5.41) is 19.6. The van der Waals surface area contributed by atoms with Crippen molar-refractivity contribution in [3.05, 3.63) is 89.1 Å². The number of fused-ring (bicyclic) bond motifs is 6. The molecule has 1 unspecified atom stereocenters. The Morgan fingerprint density at radius 3 is 2.49 bits per heavy atom. The number of nitrogens with zero attached hydrogens (tertiary/aromatic N) is 3. The summed E-state index contributed by atoms with van der Waals surface area (Å²) < 4.78 is 13.6. The van der Waals surface area contributed by atoms with Crippen LogP contribution in [0, 0.1) is 0 Å². The lowest BCUT2D eigenvalue weighted by molar-refractivity contribution is 0.0501. The summed E-state index contributed by atoms with van der Waals surface area (Å²) in [5.41, 5.74) is 4.44. The minimum absolute atomic E-state index is 0.0564. The van der Waals surface area contributed by atoms with Crippen molar-refractivity contribution in [2.45, 2.75) is 45.6 Å². The van der Waals surface area contributed by atoms with Crippen molar-refractivity contribution in [3.8, 4) is 5.75 Å². The maximum Gasteiger partial charge on any atom is 0.488 e. The lowest BCUT2D eigenvalue weighted by atomic mass is 9.80. The van der Waals surface area contributed by atoms with Gasteiger partial charge in [-0.3, -0.25) is 4.79 Å². The van der Waals surface area contributed by atoms with Gasteiger partial charge in [-0.15, -0.1) is 0 Å². The topological polar surface area (TPSA) is 104 Å². The summed E-state index contributed by atoms with van der Waals surface area (Å²) in [7, 11) is 0.431. The Balaban J connectivity index is 1.43. The predicted molar refractivity (Wildman–Crippen MR) is 156 cm³/mol. The minimum atomic E-state index is -1.52. The molecule has 3 heterocycles. The first kappa shape index (κ1) is 26.9. The second-order valence-electron chi connectivity index (χ2n) is 11.5. The quantitative estimate of drug-likeness (QED) is 0.371. The van der Waals surface area contributed by atoms with Gasteiger partial charge in [0, 0.05) is 19.0 Å². The van der Waals surface area contributed by atoms with Crippen LogP contribution in [-0.4, -0.2) is 57.8 Å². The number of para-hydroxylation sites is 1. The van der Waals surface area contributed by atoms with E-state index in [1.54, 1.807) is 28.8 Å². The first-order chi connectivity index (χ1) is 19.5. The van der Waals surface area contributed by atoms with Crippen LogP contribution in [0.5, 0.6) is 5.75 Å². The van der Waals surface area contributed by atoms with Gasteiger partial charge in [-0.1, -0.05) is 36.4 Å². The molecule has 3 aromatic carbocycles. The van der Waals surface area contributed by atoms with E-state index in [9.17, 15) is 19.6 Å². The molecule has 0 saturated carbocycles. The van der Waals surface area contributed by atoms with E-state index in [-0.39, 0.29) is 12.5 Å². The van der Waals surface area contributed by atoms with E-state index in [1.165, 1.54) is 0 Å². The van der Waals surface area contributed by atoms with Gasteiger partial charge in [0.05, 0.1) is 22.5 Å². The predicted octanol–water partition coefficient (Wildman–Crippen LogP) is 3.83. The van der Waals surface area contributed by atoms with Gasteiger partial charge in [0.25, 0.3) is 5.91 Å². The highest BCUT2D eigenvalue weighted by molar-refractivity contribution is 6.58. The lowest BCUT2D eigenvalue weighted by Gasteiger charge is -2.46. The van der Waals surface area contributed by atoms with E-state index in [0.29, 0.717) is 35.3 Å². The van der Waals surface area contributed by atoms with Gasteiger partial charge in [0.2, 0.25) is 0 Å². The molecule has 2 aliphatic heterocycles. The van der Waals surface area contributed by atoms with Crippen molar-refractivity contribution in [2.24, 2.45) is 0 Å². The van der Waals surface area contributed by atoms with E-state index in [4.69, 9.17) is 9.47 Å². The molecule has 1 atom stereocenters. The van der Waals surface area contributed by atoms with Crippen LogP contribution in [0.4, 0.5) is 10.5 Å². The molecule has 6 rings (SSSR count). The first-order valence-electron chi connectivity index (χ1n) is 13.6. The summed E-state index contributed by atoms with van der Waals surface area (Å²) in [6, 6.07) is 20.0. The molecule has 2 aliphatic rings. The molecule has 0 bridgehead atoms. The number of hydrogen-bond acceptors (Lipinski definition) is 7. The largest absolute Gasteiger partial charge is 0.489 e. The maximum absolute atomic E-state index is 13.7. The standard InChI is InChI=1S/C31H32BN3O6/c1-31(2,3)41-30(37)35-26-14-13-21(40-18-19-9-11-20(12-10-19)32(38)39)17-24(26)22-15-16-34-28(27(22)35)33(4)25-8-6-5-7-23(25)29(34)36/h5-14,17,28,38-39H,15-16,18H2,1-4H3. The number of hydrogen-bond donors (Lipinski definition) is 2. The molecule has 0 aliphatic carbocycles. The van der Waals surface area contributed by atoms with E-state index >= 15 is 0 Å². The highest BCUT2D eigenvalue weighted by Gasteiger charge is 2.44. The molecule has 10 heteroatoms. The number of carbonyl (C=O) groups excluding carboxylic acids is 2. The molecule has 0 fully saturated rings. The Kier molecular flexibility index (Phi) is 6.55. The lowest BCUT2D eigenvalue weighted by Crippen LogP contribution is -2.52. The van der Waals surface area contributed by atoms with Crippen molar-refractivity contribution in [2.75, 3.05) is 18.5 Å². The third-order valence-corrected chi connectivity index (χ3v) is 7.63. The molecule has 0 radical (unpaired) electrons. The van der Waals surface area contributed by atoms with Crippen LogP contribution in [0.2, 0.25) is 0 Å². The summed E-state index contributed by atoms with van der Waals surface area (Å²) in [5.74, 6) is 0.577. The molecule has 0 spiro atoms. The molecular weight excluding hydrogens is 521 g/mol. The Bertz CT molecular complexity index is 1660. The minimum Gasteiger partial charge on any atom is -0.489 e. The number of amides is 1. The average Bonchev–Trinajstić information content (AvgIpc) is 3.27. The molecule has 41 heavy (non-hydrogen) atoms. The Hall–Kier alpha value is -4.28. The van der Waals surface area contributed by atoms with E-state index in [2.05, 4.69) is 4.90 Å². The van der Waals surface area contributed by atoms with Crippen LogP contribution in [0.3, 0.4) is 0 Å². The van der Waals surface area contributed by atoms with Gasteiger partial charge in [-0.2, -0.15) is 0 Å². The van der Waals surface area contributed by atoms with Crippen molar-refractivity contribution in [1.29, 1.82) is 0 Å². The Morgan fingerprint density at radius 2 is 1.78 bits per heavy atom. The number of ether oxygens (including phenoxy) is 2. The van der Waals surface area contributed by atoms with E-state index in [0.717, 1.165) is 27.9 Å². The number of benzene rings is 3. The number of carbonyl (C=O) groups is 2. The molecule has 2 N–H and O–H groups in total. The second kappa shape index (κ2) is 9.97. The van der Waals surface area contributed by atoms with Crippen LogP contribution in [0.15, 0.2) is 66.7 Å². The molecule has 4 aromatic rings. The highest BCUT2D eigenvalue weighted by atomic mass is 16.6. The Labute approximate surface area is 238 Å². The molecular formula is C31H32BN3O6. The number of aromatic nitrogens is 1. The zero-order chi connectivity index (χ0) is 29.1. The van der Waals surface area contributed by atoms with Crippen LogP contribution in [-0.2, 0) is 17.8 Å². The fourth-order valence-electron chi connectivity index (χ4n) is 5.79. The summed E-state index contributed by atoms with van der Waals surface area (Å²) in [6.45, 7) is 6.30. The third-order valence-electron chi connectivity index (χ3n) is 7.63. The molecule has 9 nitrogen and oxygen atoms in total. The average molecular weight is 553 g/mol. The van der Waals surface area contributed by atoms with Crippen molar-refractivity contribution in [1.82, 2.24) is 9.47 Å². The van der Waals surface area contributed by atoms with Crippen molar-refractivity contribution >= 4 is 41.2 Å². The zero-order valence-corrected chi connectivity index (χ0v) is 23.5. The molecule has 0 saturated heterocycles. The van der Waals surface area contributed by atoms with Gasteiger partial charge in [-0.05, 0) is 74.1 Å². The van der Waals surface area contributed by atoms with Crippen molar-refractivity contribution < 1.29 is 29.1 Å². The SMILES string of the molecule is CN1c2ccccc2C(=O)N2CCc3c(n(C(=O)OC(C)(C)C)c4ccc(OCc5ccc(B(O)O)cc5)cc34)C21. The van der Waals surface area contributed by atoms with Gasteiger partial charge in [0.15, 0.2) is 0 Å². The fraction of sp³-hybridized carbons (Fsp3) is 0.290. The first-order valence-corrected chi connectivity index (χ1v) is 13.6. The number of rotatable bonds is 4. The van der Waals surface area contributed by atoms with Crippen LogP contribution < -0.4 is 15.1 Å². The van der Waals surface area contributed by atoms with Crippen molar-refractivity contribution in [3.63, 3.8) is 0 Å². The molecule has 210 valence electrons. The van der Waals surface area contributed by atoms with Crippen LogP contribution in [0.1, 0.15) is 54.1 Å². The zero-order valence-electron chi connectivity index (χ0n) is 23.5. The van der Waals surface area contributed by atoms with Gasteiger partial charge >= 0.3 is 13.2 Å². The van der Waals surface area contributed by atoms with Gasteiger partial charge < -0.3 is 29.3 Å². The summed E-state index contributed by atoms with van der Waals surface area (Å²) in [6.07, 6.45) is -0.398. The van der Waals surface area contributed by atoms with Crippen LogP contribution >= 0.6 is 0 Å². The van der Waals surface area contributed by atoms with E-state index < -0.39 is 25.0 Å². The normalized spacial score (nSPS) is 16.2. The second-order valence-corrected chi connectivity index (χ2v) is 11.5. The third kappa shape index (κ3) is 4.73. The Morgan fingerprint density at radius 1 is 1.05 bits per heavy atom. The summed E-state index contributed by atoms with van der Waals surface area (Å²) >= 11 is 0. The fourth-order valence-corrected chi connectivity index (χ4v) is 5.79. The monoisotopic (exact) mass is 553 g/mol. The van der Waals surface area contributed by atoms with E-state index in [1.807, 2.05) is 75.2 Å². The summed E-state index contributed by atoms with van der Waals surface area (Å²) in [4.78, 5) is 31.2. The van der Waals surface area contributed by atoms with Gasteiger partial charge in [-0.25, -0.2) is 9.36 Å². The smallest absolute Gasteiger partial charge is 0.488 e. The maximum atomic E-state index is 13.7. The highest BCUT2D eigenvalue weighted by Crippen LogP contribution is 2.45. The number of anilines is 1. The van der Waals surface area contributed by atoms with Crippen LogP contribution in [0.25, 0.3) is 10.9 Å². The van der Waals surface area contributed by atoms with Gasteiger partial charge in [0.1, 0.15) is 24.1 Å². The molecule has 1 amide bonds. The molecule has 1 aromatic heterocycles.